The number of carbonyl (C=O) groups is 1. The Kier molecular flexibility index (Phi) is 5.71. The SMILES string of the molecule is C[C@H]1OCCN[C@@H]1C(=O)Nc1ccc(OC2CCCCC2O)cc1. The molecule has 1 aliphatic heterocycles. The molecule has 1 amide bonds. The van der Waals surface area contributed by atoms with Crippen LogP contribution in [0, 0.1) is 0 Å². The molecule has 3 N–H and O–H groups in total. The molecule has 1 saturated heterocycles. The highest BCUT2D eigenvalue weighted by Gasteiger charge is 2.28. The molecule has 0 radical (unpaired) electrons. The van der Waals surface area contributed by atoms with Crippen LogP contribution in [0.4, 0.5) is 5.69 Å². The predicted molar refractivity (Wildman–Crippen MR) is 91.2 cm³/mol. The molecule has 1 aromatic rings. The summed E-state index contributed by atoms with van der Waals surface area (Å²) in [6, 6.07) is 6.94. The van der Waals surface area contributed by atoms with E-state index in [1.165, 1.54) is 0 Å². The minimum absolute atomic E-state index is 0.0985. The van der Waals surface area contributed by atoms with Gasteiger partial charge in [0.05, 0.1) is 18.8 Å². The number of hydrogen-bond acceptors (Lipinski definition) is 5. The molecule has 0 bridgehead atoms. The van der Waals surface area contributed by atoms with Gasteiger partial charge in [-0.15, -0.1) is 0 Å². The van der Waals surface area contributed by atoms with Gasteiger partial charge in [0, 0.05) is 12.2 Å². The maximum absolute atomic E-state index is 12.3. The second kappa shape index (κ2) is 7.96. The van der Waals surface area contributed by atoms with Crippen LogP contribution in [0.2, 0.25) is 0 Å². The zero-order valence-corrected chi connectivity index (χ0v) is 14.0. The van der Waals surface area contributed by atoms with E-state index >= 15 is 0 Å². The van der Waals surface area contributed by atoms with E-state index in [1.54, 1.807) is 0 Å². The predicted octanol–water partition coefficient (Wildman–Crippen LogP) is 1.68. The lowest BCUT2D eigenvalue weighted by Crippen LogP contribution is -2.53. The van der Waals surface area contributed by atoms with Crippen molar-refractivity contribution < 1.29 is 19.4 Å². The average molecular weight is 334 g/mol. The molecule has 24 heavy (non-hydrogen) atoms. The third-order valence-electron chi connectivity index (χ3n) is 4.68. The van der Waals surface area contributed by atoms with Gasteiger partial charge in [-0.3, -0.25) is 4.79 Å². The molecular formula is C18H26N2O4. The summed E-state index contributed by atoms with van der Waals surface area (Å²) < 4.78 is 11.4. The number of ether oxygens (including phenoxy) is 2. The topological polar surface area (TPSA) is 79.8 Å². The normalized spacial score (nSPS) is 30.6. The molecule has 132 valence electrons. The highest BCUT2D eigenvalue weighted by molar-refractivity contribution is 5.95. The zero-order valence-electron chi connectivity index (χ0n) is 14.0. The molecule has 4 atom stereocenters. The molecule has 2 aliphatic rings. The van der Waals surface area contributed by atoms with Gasteiger partial charge in [0.1, 0.15) is 17.9 Å². The quantitative estimate of drug-likeness (QED) is 0.781. The summed E-state index contributed by atoms with van der Waals surface area (Å²) in [5.41, 5.74) is 0.719. The Morgan fingerprint density at radius 2 is 2.04 bits per heavy atom. The Labute approximate surface area is 142 Å². The van der Waals surface area contributed by atoms with Crippen molar-refractivity contribution in [3.8, 4) is 5.75 Å². The molecular weight excluding hydrogens is 308 g/mol. The van der Waals surface area contributed by atoms with Crippen molar-refractivity contribution in [1.29, 1.82) is 0 Å². The molecule has 1 aromatic carbocycles. The van der Waals surface area contributed by atoms with Crippen LogP contribution in [-0.4, -0.2) is 48.5 Å². The molecule has 3 rings (SSSR count). The van der Waals surface area contributed by atoms with Crippen LogP contribution in [-0.2, 0) is 9.53 Å². The van der Waals surface area contributed by atoms with Crippen molar-refractivity contribution in [3.05, 3.63) is 24.3 Å². The molecule has 1 aliphatic carbocycles. The van der Waals surface area contributed by atoms with Crippen molar-refractivity contribution in [3.63, 3.8) is 0 Å². The molecule has 0 aromatic heterocycles. The molecule has 6 nitrogen and oxygen atoms in total. The molecule has 2 unspecified atom stereocenters. The standard InChI is InChI=1S/C18H26N2O4/c1-12-17(19-10-11-23-12)18(22)20-13-6-8-14(9-7-13)24-16-5-3-2-4-15(16)21/h6-9,12,15-17,19,21H,2-5,10-11H2,1H3,(H,20,22)/t12-,15?,16?,17+/m1/s1. The van der Waals surface area contributed by atoms with Gasteiger partial charge >= 0.3 is 0 Å². The first-order valence-corrected chi connectivity index (χ1v) is 8.74. The van der Waals surface area contributed by atoms with Crippen LogP contribution in [0.25, 0.3) is 0 Å². The van der Waals surface area contributed by atoms with Crippen molar-refractivity contribution in [1.82, 2.24) is 5.32 Å². The first kappa shape index (κ1) is 17.2. The fourth-order valence-electron chi connectivity index (χ4n) is 3.25. The van der Waals surface area contributed by atoms with Crippen LogP contribution in [0.5, 0.6) is 5.75 Å². The first-order valence-electron chi connectivity index (χ1n) is 8.74. The van der Waals surface area contributed by atoms with Gasteiger partial charge in [0.2, 0.25) is 5.91 Å². The second-order valence-electron chi connectivity index (χ2n) is 6.53. The minimum atomic E-state index is -0.392. The van der Waals surface area contributed by atoms with Gasteiger partial charge in [0.15, 0.2) is 0 Å². The molecule has 1 saturated carbocycles. The maximum atomic E-state index is 12.3. The largest absolute Gasteiger partial charge is 0.488 e. The average Bonchev–Trinajstić information content (AvgIpc) is 2.59. The summed E-state index contributed by atoms with van der Waals surface area (Å²) in [6.45, 7) is 3.20. The summed E-state index contributed by atoms with van der Waals surface area (Å²) in [5, 5.41) is 16.0. The lowest BCUT2D eigenvalue weighted by molar-refractivity contribution is -0.123. The number of hydrogen-bond donors (Lipinski definition) is 3. The van der Waals surface area contributed by atoms with E-state index in [4.69, 9.17) is 9.47 Å². The summed E-state index contributed by atoms with van der Waals surface area (Å²) in [5.74, 6) is 0.616. The van der Waals surface area contributed by atoms with Crippen LogP contribution in [0.3, 0.4) is 0 Å². The van der Waals surface area contributed by atoms with Gasteiger partial charge in [-0.2, -0.15) is 0 Å². The lowest BCUT2D eigenvalue weighted by Gasteiger charge is -2.29. The van der Waals surface area contributed by atoms with Crippen molar-refractivity contribution >= 4 is 11.6 Å². The van der Waals surface area contributed by atoms with Gasteiger partial charge in [0.25, 0.3) is 0 Å². The van der Waals surface area contributed by atoms with E-state index in [1.807, 2.05) is 31.2 Å². The van der Waals surface area contributed by atoms with Crippen LogP contribution in [0.1, 0.15) is 32.6 Å². The zero-order chi connectivity index (χ0) is 16.9. The Hall–Kier alpha value is -1.63. The van der Waals surface area contributed by atoms with E-state index in [9.17, 15) is 9.90 Å². The van der Waals surface area contributed by atoms with Gasteiger partial charge in [-0.1, -0.05) is 6.42 Å². The number of morpholine rings is 1. The Balaban J connectivity index is 1.55. The lowest BCUT2D eigenvalue weighted by atomic mass is 9.95. The smallest absolute Gasteiger partial charge is 0.244 e. The second-order valence-corrected chi connectivity index (χ2v) is 6.53. The van der Waals surface area contributed by atoms with Crippen molar-refractivity contribution in [2.24, 2.45) is 0 Å². The van der Waals surface area contributed by atoms with E-state index in [0.29, 0.717) is 18.9 Å². The molecule has 6 heteroatoms. The minimum Gasteiger partial charge on any atom is -0.488 e. The van der Waals surface area contributed by atoms with Gasteiger partial charge < -0.3 is 25.2 Å². The van der Waals surface area contributed by atoms with Gasteiger partial charge in [-0.05, 0) is 50.5 Å². The fraction of sp³-hybridized carbons (Fsp3) is 0.611. The summed E-state index contributed by atoms with van der Waals surface area (Å²) >= 11 is 0. The van der Waals surface area contributed by atoms with Crippen LogP contribution in [0.15, 0.2) is 24.3 Å². The Morgan fingerprint density at radius 1 is 1.29 bits per heavy atom. The summed E-state index contributed by atoms with van der Waals surface area (Å²) in [7, 11) is 0. The van der Waals surface area contributed by atoms with E-state index in [2.05, 4.69) is 10.6 Å². The first-order chi connectivity index (χ1) is 11.6. The van der Waals surface area contributed by atoms with E-state index in [0.717, 1.165) is 31.4 Å². The highest BCUT2D eigenvalue weighted by atomic mass is 16.5. The fourth-order valence-corrected chi connectivity index (χ4v) is 3.25. The number of amides is 1. The third-order valence-corrected chi connectivity index (χ3v) is 4.68. The molecule has 2 fully saturated rings. The maximum Gasteiger partial charge on any atom is 0.244 e. The number of aliphatic hydroxyl groups is 1. The highest BCUT2D eigenvalue weighted by Crippen LogP contribution is 2.25. The molecule has 1 heterocycles. The van der Waals surface area contributed by atoms with Crippen molar-refractivity contribution in [2.45, 2.75) is 57.0 Å². The van der Waals surface area contributed by atoms with Crippen LogP contribution < -0.4 is 15.4 Å². The monoisotopic (exact) mass is 334 g/mol. The number of carbonyl (C=O) groups excluding carboxylic acids is 1. The van der Waals surface area contributed by atoms with E-state index < -0.39 is 6.10 Å². The van der Waals surface area contributed by atoms with Gasteiger partial charge in [-0.25, -0.2) is 0 Å². The molecule has 0 spiro atoms. The summed E-state index contributed by atoms with van der Waals surface area (Å²) in [6.07, 6.45) is 3.15. The number of aliphatic hydroxyl groups excluding tert-OH is 1. The Bertz CT molecular complexity index is 548. The van der Waals surface area contributed by atoms with E-state index in [-0.39, 0.29) is 24.2 Å². The number of anilines is 1. The number of nitrogens with one attached hydrogen (secondary N) is 2. The third kappa shape index (κ3) is 4.26. The number of rotatable bonds is 4. The summed E-state index contributed by atoms with van der Waals surface area (Å²) in [4.78, 5) is 12.3. The van der Waals surface area contributed by atoms with Crippen molar-refractivity contribution in [2.75, 3.05) is 18.5 Å². The Morgan fingerprint density at radius 3 is 2.75 bits per heavy atom. The number of benzene rings is 1. The van der Waals surface area contributed by atoms with Crippen LogP contribution >= 0.6 is 0 Å².